The van der Waals surface area contributed by atoms with Crippen LogP contribution >= 0.6 is 0 Å². The molecule has 58 valence electrons. The average Bonchev–Trinajstić information content (AvgIpc) is 1.68. The molecule has 0 aromatic carbocycles. The van der Waals surface area contributed by atoms with Gasteiger partial charge in [-0.25, -0.2) is 0 Å². The van der Waals surface area contributed by atoms with Gasteiger partial charge in [0.15, 0.2) is 6.23 Å². The van der Waals surface area contributed by atoms with E-state index >= 15 is 0 Å². The standard InChI is InChI=1S/C6H15NO.ClH/c1-3-5-6(7)8-4-2;/h6H,3-5,7H2,1-2H3;1H. The summed E-state index contributed by atoms with van der Waals surface area (Å²) in [4.78, 5) is 0. The third kappa shape index (κ3) is 8.21. The van der Waals surface area contributed by atoms with Crippen molar-refractivity contribution in [2.75, 3.05) is 6.61 Å². The maximum atomic E-state index is 5.17. The van der Waals surface area contributed by atoms with Crippen LogP contribution in [-0.2, 0) is 4.74 Å². The fourth-order valence-electron chi connectivity index (χ4n) is 0.641. The Labute approximate surface area is 63.2 Å². The molecule has 0 amide bonds. The van der Waals surface area contributed by atoms with Gasteiger partial charge in [-0.15, -0.1) is 0 Å². The molecule has 0 aliphatic carbocycles. The lowest BCUT2D eigenvalue weighted by Gasteiger charge is -2.04. The van der Waals surface area contributed by atoms with Crippen molar-refractivity contribution in [2.24, 2.45) is 0 Å². The van der Waals surface area contributed by atoms with E-state index < -0.39 is 0 Å². The molecule has 3 heteroatoms. The van der Waals surface area contributed by atoms with Crippen molar-refractivity contribution < 1.29 is 22.9 Å². The van der Waals surface area contributed by atoms with Crippen LogP contribution in [0.25, 0.3) is 0 Å². The van der Waals surface area contributed by atoms with Gasteiger partial charge in [-0.2, -0.15) is 0 Å². The Hall–Kier alpha value is 0.210. The largest absolute Gasteiger partial charge is 1.00 e. The molecule has 0 radical (unpaired) electrons. The van der Waals surface area contributed by atoms with Crippen molar-refractivity contribution in [3.8, 4) is 0 Å². The van der Waals surface area contributed by atoms with E-state index in [2.05, 4.69) is 12.7 Å². The van der Waals surface area contributed by atoms with Crippen LogP contribution < -0.4 is 18.1 Å². The van der Waals surface area contributed by atoms with Crippen molar-refractivity contribution in [2.45, 2.75) is 32.9 Å². The first kappa shape index (κ1) is 11.9. The first-order valence-corrected chi connectivity index (χ1v) is 3.26. The lowest BCUT2D eigenvalue weighted by atomic mass is 10.3. The highest BCUT2D eigenvalue weighted by atomic mass is 35.5. The van der Waals surface area contributed by atoms with Crippen LogP contribution in [0.3, 0.4) is 0 Å². The number of halogens is 1. The fraction of sp³-hybridized carbons (Fsp3) is 1.00. The second-order valence-corrected chi connectivity index (χ2v) is 1.87. The van der Waals surface area contributed by atoms with Crippen molar-refractivity contribution in [1.29, 1.82) is 0 Å². The number of ether oxygens (including phenoxy) is 1. The molecule has 0 aromatic rings. The highest BCUT2D eigenvalue weighted by Crippen LogP contribution is 1.91. The van der Waals surface area contributed by atoms with Gasteiger partial charge in [0.25, 0.3) is 0 Å². The van der Waals surface area contributed by atoms with Crippen molar-refractivity contribution in [3.05, 3.63) is 0 Å². The summed E-state index contributed by atoms with van der Waals surface area (Å²) in [5.41, 5.74) is 3.80. The minimum atomic E-state index is 0. The van der Waals surface area contributed by atoms with Gasteiger partial charge >= 0.3 is 0 Å². The Kier molecular flexibility index (Phi) is 10.9. The summed E-state index contributed by atoms with van der Waals surface area (Å²) in [6.45, 7) is 4.92. The summed E-state index contributed by atoms with van der Waals surface area (Å²) in [6, 6.07) is 0. The van der Waals surface area contributed by atoms with Gasteiger partial charge in [0.2, 0.25) is 0 Å². The van der Waals surface area contributed by atoms with Crippen LogP contribution in [-0.4, -0.2) is 12.8 Å². The van der Waals surface area contributed by atoms with E-state index in [4.69, 9.17) is 4.74 Å². The Bertz CT molecular complexity index is 46.3. The summed E-state index contributed by atoms with van der Waals surface area (Å²) in [5.74, 6) is 0. The van der Waals surface area contributed by atoms with Gasteiger partial charge in [0.05, 0.1) is 6.61 Å². The van der Waals surface area contributed by atoms with Crippen LogP contribution in [0.1, 0.15) is 26.7 Å². The molecule has 0 aromatic heterocycles. The van der Waals surface area contributed by atoms with E-state index in [0.717, 1.165) is 19.4 Å². The van der Waals surface area contributed by atoms with Gasteiger partial charge in [-0.05, 0) is 13.3 Å². The topological polar surface area (TPSA) is 36.9 Å². The maximum Gasteiger partial charge on any atom is 0.188 e. The summed E-state index contributed by atoms with van der Waals surface area (Å²) in [7, 11) is 0. The highest BCUT2D eigenvalue weighted by molar-refractivity contribution is 4.34. The molecule has 0 fully saturated rings. The van der Waals surface area contributed by atoms with E-state index in [1.807, 2.05) is 6.92 Å². The Morgan fingerprint density at radius 2 is 2.00 bits per heavy atom. The van der Waals surface area contributed by atoms with Gasteiger partial charge in [0.1, 0.15) is 0 Å². The van der Waals surface area contributed by atoms with Crippen LogP contribution in [0.15, 0.2) is 0 Å². The predicted octanol–water partition coefficient (Wildman–Crippen LogP) is -2.60. The maximum absolute atomic E-state index is 5.17. The molecule has 0 saturated heterocycles. The molecule has 1 atom stereocenters. The molecule has 9 heavy (non-hydrogen) atoms. The van der Waals surface area contributed by atoms with E-state index in [1.165, 1.54) is 0 Å². The first-order valence-electron chi connectivity index (χ1n) is 3.26. The molecule has 0 heterocycles. The molecule has 1 unspecified atom stereocenters. The number of hydrogen-bond donors (Lipinski definition) is 1. The Morgan fingerprint density at radius 1 is 1.44 bits per heavy atom. The van der Waals surface area contributed by atoms with Gasteiger partial charge in [0, 0.05) is 6.42 Å². The molecular weight excluding hydrogens is 138 g/mol. The minimum absolute atomic E-state index is 0. The zero-order chi connectivity index (χ0) is 6.41. The fourth-order valence-corrected chi connectivity index (χ4v) is 0.641. The third-order valence-electron chi connectivity index (χ3n) is 1.01. The first-order chi connectivity index (χ1) is 3.81. The molecular formula is C6H16ClNO. The molecule has 0 aliphatic rings. The quantitative estimate of drug-likeness (QED) is 0.442. The molecule has 0 saturated carbocycles. The molecule has 0 aliphatic heterocycles. The van der Waals surface area contributed by atoms with Crippen molar-refractivity contribution in [1.82, 2.24) is 0 Å². The van der Waals surface area contributed by atoms with E-state index in [0.29, 0.717) is 0 Å². The summed E-state index contributed by atoms with van der Waals surface area (Å²) in [6.07, 6.45) is 2.45. The molecule has 0 rings (SSSR count). The third-order valence-corrected chi connectivity index (χ3v) is 1.01. The van der Waals surface area contributed by atoms with Crippen LogP contribution in [0.5, 0.6) is 0 Å². The number of hydrogen-bond acceptors (Lipinski definition) is 1. The van der Waals surface area contributed by atoms with Crippen molar-refractivity contribution in [3.63, 3.8) is 0 Å². The minimum Gasteiger partial charge on any atom is -1.00 e. The Morgan fingerprint density at radius 3 is 2.33 bits per heavy atom. The number of quaternary nitrogens is 1. The molecule has 0 bridgehead atoms. The SMILES string of the molecule is CCCC([NH3+])OCC.[Cl-]. The van der Waals surface area contributed by atoms with Gasteiger partial charge in [-0.3, -0.25) is 0 Å². The van der Waals surface area contributed by atoms with E-state index in [9.17, 15) is 0 Å². The molecule has 3 N–H and O–H groups in total. The smallest absolute Gasteiger partial charge is 0.188 e. The highest BCUT2D eigenvalue weighted by Gasteiger charge is 1.99. The van der Waals surface area contributed by atoms with E-state index in [1.54, 1.807) is 0 Å². The lowest BCUT2D eigenvalue weighted by molar-refractivity contribution is -0.492. The summed E-state index contributed by atoms with van der Waals surface area (Å²) >= 11 is 0. The second kappa shape index (κ2) is 8.21. The van der Waals surface area contributed by atoms with Gasteiger partial charge < -0.3 is 22.9 Å². The summed E-state index contributed by atoms with van der Waals surface area (Å²) < 4.78 is 5.17. The molecule has 2 nitrogen and oxygen atoms in total. The monoisotopic (exact) mass is 153 g/mol. The van der Waals surface area contributed by atoms with Crippen molar-refractivity contribution >= 4 is 0 Å². The Balaban J connectivity index is 0. The average molecular weight is 154 g/mol. The summed E-state index contributed by atoms with van der Waals surface area (Å²) in [5, 5.41) is 0. The van der Waals surface area contributed by atoms with Gasteiger partial charge in [-0.1, -0.05) is 6.92 Å². The van der Waals surface area contributed by atoms with Crippen LogP contribution in [0.4, 0.5) is 0 Å². The second-order valence-electron chi connectivity index (χ2n) is 1.87. The predicted molar refractivity (Wildman–Crippen MR) is 33.2 cm³/mol. The zero-order valence-electron chi connectivity index (χ0n) is 6.19. The number of rotatable bonds is 4. The van der Waals surface area contributed by atoms with Crippen LogP contribution in [0, 0.1) is 0 Å². The normalized spacial score (nSPS) is 12.3. The zero-order valence-corrected chi connectivity index (χ0v) is 6.95. The van der Waals surface area contributed by atoms with E-state index in [-0.39, 0.29) is 18.6 Å². The molecule has 0 spiro atoms. The van der Waals surface area contributed by atoms with Crippen LogP contribution in [0.2, 0.25) is 0 Å². The lowest BCUT2D eigenvalue weighted by Crippen LogP contribution is -3.00.